The van der Waals surface area contributed by atoms with Crippen molar-refractivity contribution in [2.24, 2.45) is 0 Å². The van der Waals surface area contributed by atoms with E-state index >= 15 is 0 Å². The van der Waals surface area contributed by atoms with E-state index < -0.39 is 0 Å². The molecule has 0 atom stereocenters. The highest BCUT2D eigenvalue weighted by atomic mass is 16.5. The summed E-state index contributed by atoms with van der Waals surface area (Å²) in [7, 11) is 3.40. The number of ether oxygens (including phenoxy) is 2. The van der Waals surface area contributed by atoms with Gasteiger partial charge in [0.15, 0.2) is 0 Å². The molecule has 0 radical (unpaired) electrons. The lowest BCUT2D eigenvalue weighted by atomic mass is 10.1. The fourth-order valence-electron chi connectivity index (χ4n) is 2.13. The molecule has 0 fully saturated rings. The standard InChI is InChI=1S/C15H26N2O2/c1-5-16-10-11-17-9-8-13-6-7-14(18-3)12(2)15(13)19-4/h6-7,16-17H,5,8-11H2,1-4H3. The van der Waals surface area contributed by atoms with Crippen LogP contribution in [0.15, 0.2) is 12.1 Å². The van der Waals surface area contributed by atoms with E-state index in [4.69, 9.17) is 9.47 Å². The van der Waals surface area contributed by atoms with Crippen molar-refractivity contribution in [1.82, 2.24) is 10.6 Å². The van der Waals surface area contributed by atoms with Gasteiger partial charge in [-0.1, -0.05) is 13.0 Å². The molecule has 4 nitrogen and oxygen atoms in total. The van der Waals surface area contributed by atoms with Crippen LogP contribution in [0.2, 0.25) is 0 Å². The smallest absolute Gasteiger partial charge is 0.128 e. The molecule has 0 aliphatic rings. The zero-order chi connectivity index (χ0) is 14.1. The van der Waals surface area contributed by atoms with Crippen LogP contribution in [-0.2, 0) is 6.42 Å². The van der Waals surface area contributed by atoms with Gasteiger partial charge in [-0.25, -0.2) is 0 Å². The molecule has 0 heterocycles. The number of rotatable bonds is 9. The molecule has 1 aromatic carbocycles. The minimum absolute atomic E-state index is 0.876. The summed E-state index contributed by atoms with van der Waals surface area (Å²) in [5.74, 6) is 1.81. The van der Waals surface area contributed by atoms with Gasteiger partial charge in [-0.15, -0.1) is 0 Å². The maximum Gasteiger partial charge on any atom is 0.128 e. The van der Waals surface area contributed by atoms with Crippen LogP contribution in [0.25, 0.3) is 0 Å². The first kappa shape index (κ1) is 15.8. The Labute approximate surface area is 116 Å². The Bertz CT molecular complexity index is 381. The second-order valence-electron chi connectivity index (χ2n) is 4.44. The Morgan fingerprint density at radius 3 is 2.37 bits per heavy atom. The Balaban J connectivity index is 2.51. The van der Waals surface area contributed by atoms with Crippen molar-refractivity contribution in [3.63, 3.8) is 0 Å². The van der Waals surface area contributed by atoms with Gasteiger partial charge in [-0.3, -0.25) is 0 Å². The average molecular weight is 266 g/mol. The van der Waals surface area contributed by atoms with Crippen LogP contribution < -0.4 is 20.1 Å². The summed E-state index contributed by atoms with van der Waals surface area (Å²) in [4.78, 5) is 0. The van der Waals surface area contributed by atoms with Crippen LogP contribution in [0, 0.1) is 6.92 Å². The molecule has 2 N–H and O–H groups in total. The van der Waals surface area contributed by atoms with Crippen LogP contribution in [0.5, 0.6) is 11.5 Å². The second kappa shape index (κ2) is 8.77. The lowest BCUT2D eigenvalue weighted by Gasteiger charge is -2.14. The summed E-state index contributed by atoms with van der Waals surface area (Å²) < 4.78 is 10.8. The molecule has 19 heavy (non-hydrogen) atoms. The van der Waals surface area contributed by atoms with Gasteiger partial charge in [0.05, 0.1) is 14.2 Å². The second-order valence-corrected chi connectivity index (χ2v) is 4.44. The van der Waals surface area contributed by atoms with Crippen LogP contribution >= 0.6 is 0 Å². The fraction of sp³-hybridized carbons (Fsp3) is 0.600. The molecule has 0 amide bonds. The third-order valence-corrected chi connectivity index (χ3v) is 3.16. The number of benzene rings is 1. The summed E-state index contributed by atoms with van der Waals surface area (Å²) in [6.45, 7) is 8.12. The zero-order valence-corrected chi connectivity index (χ0v) is 12.5. The summed E-state index contributed by atoms with van der Waals surface area (Å²) in [5, 5.41) is 6.71. The van der Waals surface area contributed by atoms with E-state index in [1.165, 1.54) is 5.56 Å². The van der Waals surface area contributed by atoms with E-state index in [9.17, 15) is 0 Å². The van der Waals surface area contributed by atoms with E-state index in [2.05, 4.69) is 23.6 Å². The maximum absolute atomic E-state index is 5.49. The minimum Gasteiger partial charge on any atom is -0.496 e. The minimum atomic E-state index is 0.876. The Hall–Kier alpha value is -1.26. The van der Waals surface area contributed by atoms with Crippen molar-refractivity contribution in [3.05, 3.63) is 23.3 Å². The van der Waals surface area contributed by atoms with Crippen molar-refractivity contribution in [3.8, 4) is 11.5 Å². The van der Waals surface area contributed by atoms with E-state index in [0.717, 1.165) is 49.7 Å². The van der Waals surface area contributed by atoms with Gasteiger partial charge in [0.25, 0.3) is 0 Å². The summed E-state index contributed by atoms with van der Waals surface area (Å²) in [6.07, 6.45) is 0.958. The molecule has 0 unspecified atom stereocenters. The van der Waals surface area contributed by atoms with E-state index in [1.807, 2.05) is 13.0 Å². The molecule has 0 saturated carbocycles. The molecule has 1 rings (SSSR count). The van der Waals surface area contributed by atoms with Gasteiger partial charge < -0.3 is 20.1 Å². The number of methoxy groups -OCH3 is 2. The van der Waals surface area contributed by atoms with Crippen molar-refractivity contribution in [2.45, 2.75) is 20.3 Å². The van der Waals surface area contributed by atoms with E-state index in [-0.39, 0.29) is 0 Å². The Morgan fingerprint density at radius 1 is 1.00 bits per heavy atom. The van der Waals surface area contributed by atoms with Gasteiger partial charge in [0.2, 0.25) is 0 Å². The monoisotopic (exact) mass is 266 g/mol. The van der Waals surface area contributed by atoms with Crippen molar-refractivity contribution in [1.29, 1.82) is 0 Å². The summed E-state index contributed by atoms with van der Waals surface area (Å²) in [5.41, 5.74) is 2.28. The Morgan fingerprint density at radius 2 is 1.74 bits per heavy atom. The van der Waals surface area contributed by atoms with Crippen molar-refractivity contribution < 1.29 is 9.47 Å². The molecule has 0 bridgehead atoms. The SMILES string of the molecule is CCNCCNCCc1ccc(OC)c(C)c1OC. The predicted molar refractivity (Wildman–Crippen MR) is 79.4 cm³/mol. The highest BCUT2D eigenvalue weighted by Gasteiger charge is 2.10. The molecule has 0 aliphatic carbocycles. The normalized spacial score (nSPS) is 10.5. The predicted octanol–water partition coefficient (Wildman–Crippen LogP) is 1.75. The molecular weight excluding hydrogens is 240 g/mol. The highest BCUT2D eigenvalue weighted by Crippen LogP contribution is 2.31. The number of nitrogens with one attached hydrogen (secondary N) is 2. The molecule has 0 spiro atoms. The number of hydrogen-bond donors (Lipinski definition) is 2. The summed E-state index contributed by atoms with van der Waals surface area (Å²) >= 11 is 0. The van der Waals surface area contributed by atoms with Crippen LogP contribution in [-0.4, -0.2) is 40.4 Å². The molecule has 108 valence electrons. The third-order valence-electron chi connectivity index (χ3n) is 3.16. The molecule has 1 aromatic rings. The molecule has 0 aliphatic heterocycles. The lowest BCUT2D eigenvalue weighted by Crippen LogP contribution is -2.28. The number of hydrogen-bond acceptors (Lipinski definition) is 4. The van der Waals surface area contributed by atoms with E-state index in [0.29, 0.717) is 0 Å². The molecule has 4 heteroatoms. The van der Waals surface area contributed by atoms with Crippen LogP contribution in [0.4, 0.5) is 0 Å². The van der Waals surface area contributed by atoms with Gasteiger partial charge >= 0.3 is 0 Å². The summed E-state index contributed by atoms with van der Waals surface area (Å²) in [6, 6.07) is 4.09. The first-order valence-corrected chi connectivity index (χ1v) is 6.86. The average Bonchev–Trinajstić information content (AvgIpc) is 2.43. The van der Waals surface area contributed by atoms with Gasteiger partial charge in [0, 0.05) is 18.7 Å². The van der Waals surface area contributed by atoms with Crippen LogP contribution in [0.3, 0.4) is 0 Å². The van der Waals surface area contributed by atoms with Gasteiger partial charge in [-0.2, -0.15) is 0 Å². The third kappa shape index (κ3) is 4.73. The van der Waals surface area contributed by atoms with Crippen molar-refractivity contribution in [2.75, 3.05) is 40.4 Å². The largest absolute Gasteiger partial charge is 0.496 e. The molecule has 0 aromatic heterocycles. The molecular formula is C15H26N2O2. The van der Waals surface area contributed by atoms with Crippen molar-refractivity contribution >= 4 is 0 Å². The zero-order valence-electron chi connectivity index (χ0n) is 12.5. The molecule has 0 saturated heterocycles. The van der Waals surface area contributed by atoms with Crippen LogP contribution in [0.1, 0.15) is 18.1 Å². The van der Waals surface area contributed by atoms with Gasteiger partial charge in [-0.05, 0) is 38.1 Å². The maximum atomic E-state index is 5.49. The first-order valence-electron chi connectivity index (χ1n) is 6.86. The lowest BCUT2D eigenvalue weighted by molar-refractivity contribution is 0.385. The number of likely N-dealkylation sites (N-methyl/N-ethyl adjacent to an activating group) is 1. The fourth-order valence-corrected chi connectivity index (χ4v) is 2.13. The van der Waals surface area contributed by atoms with Gasteiger partial charge in [0.1, 0.15) is 11.5 Å². The topological polar surface area (TPSA) is 42.5 Å². The Kier molecular flexibility index (Phi) is 7.30. The quantitative estimate of drug-likeness (QED) is 0.668. The highest BCUT2D eigenvalue weighted by molar-refractivity contribution is 5.49. The van der Waals surface area contributed by atoms with E-state index in [1.54, 1.807) is 14.2 Å². The first-order chi connectivity index (χ1) is 9.24.